The van der Waals surface area contributed by atoms with Gasteiger partial charge in [-0.15, -0.1) is 0 Å². The predicted molar refractivity (Wildman–Crippen MR) is 96.7 cm³/mol. The fourth-order valence-electron chi connectivity index (χ4n) is 2.49. The molecular formula is C18H15ClN2O6. The van der Waals surface area contributed by atoms with Gasteiger partial charge >= 0.3 is 0 Å². The van der Waals surface area contributed by atoms with Gasteiger partial charge in [0.2, 0.25) is 6.79 Å². The Bertz CT molecular complexity index is 944. The first-order valence-corrected chi connectivity index (χ1v) is 8.19. The molecule has 0 saturated carbocycles. The van der Waals surface area contributed by atoms with Crippen LogP contribution in [0.1, 0.15) is 27.6 Å². The molecule has 0 bridgehead atoms. The number of nitrogens with two attached hydrogens (primary N) is 1. The normalized spacial score (nSPS) is 11.8. The van der Waals surface area contributed by atoms with Crippen molar-refractivity contribution < 1.29 is 28.6 Å². The first-order valence-electron chi connectivity index (χ1n) is 7.81. The Balaban J connectivity index is 1.74. The number of anilines is 1. The fraction of sp³-hybridized carbons (Fsp3) is 0.167. The fourth-order valence-corrected chi connectivity index (χ4v) is 2.66. The van der Waals surface area contributed by atoms with Gasteiger partial charge in [-0.2, -0.15) is 0 Å². The van der Waals surface area contributed by atoms with Crippen LogP contribution in [0.3, 0.4) is 0 Å². The summed E-state index contributed by atoms with van der Waals surface area (Å²) in [6.07, 6.45) is 0. The van der Waals surface area contributed by atoms with Gasteiger partial charge in [-0.25, -0.2) is 0 Å². The smallest absolute Gasteiger partial charge is 0.262 e. The Morgan fingerprint density at radius 3 is 2.52 bits per heavy atom. The third kappa shape index (κ3) is 4.12. The lowest BCUT2D eigenvalue weighted by molar-refractivity contribution is -0.118. The molecule has 0 saturated heterocycles. The number of ketones is 1. The zero-order valence-corrected chi connectivity index (χ0v) is 15.0. The van der Waals surface area contributed by atoms with Crippen molar-refractivity contribution in [2.75, 3.05) is 18.7 Å². The number of hydrogen-bond donors (Lipinski definition) is 2. The highest BCUT2D eigenvalue weighted by atomic mass is 35.5. The molecule has 0 aliphatic carbocycles. The lowest BCUT2D eigenvalue weighted by Crippen LogP contribution is -2.22. The van der Waals surface area contributed by atoms with E-state index in [-0.39, 0.29) is 35.1 Å². The number of amides is 2. The molecule has 1 aliphatic heterocycles. The van der Waals surface area contributed by atoms with E-state index in [4.69, 9.17) is 31.5 Å². The summed E-state index contributed by atoms with van der Waals surface area (Å²) in [5, 5.41) is 2.90. The van der Waals surface area contributed by atoms with E-state index < -0.39 is 18.4 Å². The van der Waals surface area contributed by atoms with E-state index >= 15 is 0 Å². The highest BCUT2D eigenvalue weighted by molar-refractivity contribution is 6.31. The standard InChI is InChI=1S/C18H15ClN2O6/c1-9(22)11-5-15-16(27-8-26-15)6-13(11)21-17(23)7-25-14-3-2-10(19)4-12(14)18(20)24/h2-6H,7-8H2,1H3,(H2,20,24)(H,21,23). The third-order valence-electron chi connectivity index (χ3n) is 3.73. The van der Waals surface area contributed by atoms with Crippen LogP contribution in [0, 0.1) is 0 Å². The number of nitrogens with one attached hydrogen (secondary N) is 1. The van der Waals surface area contributed by atoms with Gasteiger partial charge < -0.3 is 25.3 Å². The molecule has 27 heavy (non-hydrogen) atoms. The van der Waals surface area contributed by atoms with Crippen LogP contribution in [0.15, 0.2) is 30.3 Å². The lowest BCUT2D eigenvalue weighted by Gasteiger charge is -2.12. The number of ether oxygens (including phenoxy) is 3. The molecule has 8 nitrogen and oxygen atoms in total. The molecule has 2 amide bonds. The second-order valence-electron chi connectivity index (χ2n) is 5.65. The number of Topliss-reactive ketones (excluding diaryl/α,β-unsaturated/α-hetero) is 1. The molecule has 0 fully saturated rings. The van der Waals surface area contributed by atoms with Crippen molar-refractivity contribution in [2.45, 2.75) is 6.92 Å². The summed E-state index contributed by atoms with van der Waals surface area (Å²) in [5.41, 5.74) is 5.88. The molecule has 2 aromatic rings. The predicted octanol–water partition coefficient (Wildman–Crippen LogP) is 2.39. The largest absolute Gasteiger partial charge is 0.483 e. The number of carbonyl (C=O) groups excluding carboxylic acids is 3. The molecule has 9 heteroatoms. The Hall–Kier alpha value is -3.26. The van der Waals surface area contributed by atoms with Crippen LogP contribution in [-0.4, -0.2) is 31.0 Å². The lowest BCUT2D eigenvalue weighted by atomic mass is 10.1. The summed E-state index contributed by atoms with van der Waals surface area (Å²) in [6.45, 7) is 1.00. The van der Waals surface area contributed by atoms with Gasteiger partial charge in [0, 0.05) is 16.7 Å². The van der Waals surface area contributed by atoms with Gasteiger partial charge in [-0.3, -0.25) is 14.4 Å². The highest BCUT2D eigenvalue weighted by Gasteiger charge is 2.21. The molecule has 0 aromatic heterocycles. The minimum absolute atomic E-state index is 0.0413. The molecule has 140 valence electrons. The van der Waals surface area contributed by atoms with Crippen molar-refractivity contribution >= 4 is 34.9 Å². The van der Waals surface area contributed by atoms with E-state index in [9.17, 15) is 14.4 Å². The quantitative estimate of drug-likeness (QED) is 0.731. The average molecular weight is 391 g/mol. The summed E-state index contributed by atoms with van der Waals surface area (Å²) in [4.78, 5) is 35.5. The topological polar surface area (TPSA) is 117 Å². The van der Waals surface area contributed by atoms with E-state index in [1.54, 1.807) is 0 Å². The second kappa shape index (κ2) is 7.55. The van der Waals surface area contributed by atoms with Gasteiger partial charge in [-0.1, -0.05) is 11.6 Å². The third-order valence-corrected chi connectivity index (χ3v) is 3.97. The molecule has 0 unspecified atom stereocenters. The summed E-state index contributed by atoms with van der Waals surface area (Å²) in [6, 6.07) is 7.31. The Kier molecular flexibility index (Phi) is 5.18. The maximum Gasteiger partial charge on any atom is 0.262 e. The SMILES string of the molecule is CC(=O)c1cc2c(cc1NC(=O)COc1ccc(Cl)cc1C(N)=O)OCO2. The van der Waals surface area contributed by atoms with Gasteiger partial charge in [0.25, 0.3) is 11.8 Å². The Morgan fingerprint density at radius 2 is 1.85 bits per heavy atom. The molecule has 1 heterocycles. The minimum atomic E-state index is -0.734. The number of carbonyl (C=O) groups is 3. The van der Waals surface area contributed by atoms with Crippen molar-refractivity contribution in [1.82, 2.24) is 0 Å². The first-order chi connectivity index (χ1) is 12.8. The number of primary amides is 1. The van der Waals surface area contributed by atoms with E-state index in [2.05, 4.69) is 5.32 Å². The van der Waals surface area contributed by atoms with E-state index in [1.165, 1.54) is 37.3 Å². The second-order valence-corrected chi connectivity index (χ2v) is 6.09. The molecule has 3 N–H and O–H groups in total. The maximum atomic E-state index is 12.2. The molecule has 0 atom stereocenters. The van der Waals surface area contributed by atoms with Gasteiger partial charge in [-0.05, 0) is 31.2 Å². The van der Waals surface area contributed by atoms with Crippen molar-refractivity contribution in [1.29, 1.82) is 0 Å². The summed E-state index contributed by atoms with van der Waals surface area (Å²) in [7, 11) is 0. The number of hydrogen-bond acceptors (Lipinski definition) is 6. The Morgan fingerprint density at radius 1 is 1.15 bits per heavy atom. The monoisotopic (exact) mass is 390 g/mol. The number of halogens is 1. The van der Waals surface area contributed by atoms with Crippen LogP contribution < -0.4 is 25.3 Å². The van der Waals surface area contributed by atoms with Gasteiger partial charge in [0.15, 0.2) is 23.9 Å². The van der Waals surface area contributed by atoms with E-state index in [0.717, 1.165) is 0 Å². The van der Waals surface area contributed by atoms with E-state index in [1.807, 2.05) is 0 Å². The molecule has 1 aliphatic rings. The minimum Gasteiger partial charge on any atom is -0.483 e. The molecule has 3 rings (SSSR count). The maximum absolute atomic E-state index is 12.2. The summed E-state index contributed by atoms with van der Waals surface area (Å²) >= 11 is 5.83. The highest BCUT2D eigenvalue weighted by Crippen LogP contribution is 2.37. The zero-order chi connectivity index (χ0) is 19.6. The van der Waals surface area contributed by atoms with Crippen molar-refractivity contribution in [3.05, 3.63) is 46.5 Å². The van der Waals surface area contributed by atoms with Gasteiger partial charge in [0.1, 0.15) is 5.75 Å². The Labute approximate surface area is 159 Å². The van der Waals surface area contributed by atoms with Crippen LogP contribution in [0.2, 0.25) is 5.02 Å². The van der Waals surface area contributed by atoms with Crippen molar-refractivity contribution in [3.8, 4) is 17.2 Å². The summed E-state index contributed by atoms with van der Waals surface area (Å²) < 4.78 is 15.9. The molecular weight excluding hydrogens is 376 g/mol. The van der Waals surface area contributed by atoms with Crippen LogP contribution in [-0.2, 0) is 4.79 Å². The summed E-state index contributed by atoms with van der Waals surface area (Å²) in [5.74, 6) is -0.548. The van der Waals surface area contributed by atoms with Crippen LogP contribution >= 0.6 is 11.6 Å². The van der Waals surface area contributed by atoms with Crippen molar-refractivity contribution in [3.63, 3.8) is 0 Å². The van der Waals surface area contributed by atoms with Crippen LogP contribution in [0.4, 0.5) is 5.69 Å². The zero-order valence-electron chi connectivity index (χ0n) is 14.2. The van der Waals surface area contributed by atoms with Crippen LogP contribution in [0.5, 0.6) is 17.2 Å². The molecule has 0 spiro atoms. The number of fused-ring (bicyclic) bond motifs is 1. The number of rotatable bonds is 6. The molecule has 2 aromatic carbocycles. The van der Waals surface area contributed by atoms with Gasteiger partial charge in [0.05, 0.1) is 11.3 Å². The van der Waals surface area contributed by atoms with Crippen molar-refractivity contribution in [2.24, 2.45) is 5.73 Å². The first kappa shape index (κ1) is 18.5. The van der Waals surface area contributed by atoms with Crippen LogP contribution in [0.25, 0.3) is 0 Å². The van der Waals surface area contributed by atoms with E-state index in [0.29, 0.717) is 16.5 Å². The average Bonchev–Trinajstić information content (AvgIpc) is 3.07. The number of benzene rings is 2. The molecule has 0 radical (unpaired) electrons.